The summed E-state index contributed by atoms with van der Waals surface area (Å²) in [4.78, 5) is 3.81. The summed E-state index contributed by atoms with van der Waals surface area (Å²) in [5.74, 6) is 0. The summed E-state index contributed by atoms with van der Waals surface area (Å²) in [6, 6.07) is 14.1. The zero-order valence-electron chi connectivity index (χ0n) is 10.1. The first-order valence-electron chi connectivity index (χ1n) is 6.16. The molecule has 1 aliphatic carbocycles. The Morgan fingerprint density at radius 3 is 2.53 bits per heavy atom. The zero-order chi connectivity index (χ0) is 11.7. The van der Waals surface area contributed by atoms with Crippen LogP contribution in [0.15, 0.2) is 41.8 Å². The summed E-state index contributed by atoms with van der Waals surface area (Å²) in [7, 11) is 2.23. The number of thiophene rings is 1. The maximum Gasteiger partial charge on any atom is 0.0342 e. The second-order valence-corrected chi connectivity index (χ2v) is 5.77. The number of hydrogen-bond acceptors (Lipinski definition) is 2. The minimum absolute atomic E-state index is 0.840. The van der Waals surface area contributed by atoms with E-state index < -0.39 is 0 Å². The smallest absolute Gasteiger partial charge is 0.0342 e. The van der Waals surface area contributed by atoms with E-state index in [0.717, 1.165) is 12.6 Å². The van der Waals surface area contributed by atoms with Crippen molar-refractivity contribution in [3.8, 4) is 10.4 Å². The molecule has 2 heteroatoms. The summed E-state index contributed by atoms with van der Waals surface area (Å²) in [5.41, 5.74) is 2.75. The van der Waals surface area contributed by atoms with Crippen molar-refractivity contribution in [2.45, 2.75) is 25.4 Å². The fourth-order valence-electron chi connectivity index (χ4n) is 2.15. The average molecular weight is 243 g/mol. The number of hydrogen-bond donors (Lipinski definition) is 0. The lowest BCUT2D eigenvalue weighted by molar-refractivity contribution is 0.316. The van der Waals surface area contributed by atoms with Crippen molar-refractivity contribution >= 4 is 11.3 Å². The van der Waals surface area contributed by atoms with Crippen LogP contribution in [0.1, 0.15) is 18.4 Å². The molecule has 0 atom stereocenters. The zero-order valence-corrected chi connectivity index (χ0v) is 10.9. The molecule has 1 fully saturated rings. The first-order valence-corrected chi connectivity index (χ1v) is 7.04. The maximum absolute atomic E-state index is 2.46. The standard InChI is InChI=1S/C15H17NS/c1-16(14-8-9-14)11-12-4-6-13(7-5-12)15-3-2-10-17-15/h2-7,10,14H,8-9,11H2,1H3. The number of nitrogens with zero attached hydrogens (tertiary/aromatic N) is 1. The highest BCUT2D eigenvalue weighted by Gasteiger charge is 2.25. The molecule has 1 aliphatic rings. The van der Waals surface area contributed by atoms with Crippen LogP contribution in [0.4, 0.5) is 0 Å². The molecule has 88 valence electrons. The minimum Gasteiger partial charge on any atom is -0.299 e. The van der Waals surface area contributed by atoms with Gasteiger partial charge in [0.05, 0.1) is 0 Å². The topological polar surface area (TPSA) is 3.24 Å². The molecule has 1 aromatic carbocycles. The molecule has 0 aliphatic heterocycles. The largest absolute Gasteiger partial charge is 0.299 e. The van der Waals surface area contributed by atoms with Crippen LogP contribution in [0.5, 0.6) is 0 Å². The van der Waals surface area contributed by atoms with Crippen LogP contribution < -0.4 is 0 Å². The molecule has 0 spiro atoms. The second-order valence-electron chi connectivity index (χ2n) is 4.82. The number of benzene rings is 1. The Hall–Kier alpha value is -1.12. The van der Waals surface area contributed by atoms with Gasteiger partial charge in [0.2, 0.25) is 0 Å². The van der Waals surface area contributed by atoms with Crippen molar-refractivity contribution in [3.63, 3.8) is 0 Å². The van der Waals surface area contributed by atoms with Gasteiger partial charge in [0.1, 0.15) is 0 Å². The van der Waals surface area contributed by atoms with Gasteiger partial charge in [0.25, 0.3) is 0 Å². The van der Waals surface area contributed by atoms with Crippen molar-refractivity contribution in [2.75, 3.05) is 7.05 Å². The molecule has 0 unspecified atom stereocenters. The predicted octanol–water partition coefficient (Wildman–Crippen LogP) is 4.01. The Labute approximate surface area is 107 Å². The molecule has 2 aromatic rings. The average Bonchev–Trinajstić information content (AvgIpc) is 3.07. The fourth-order valence-corrected chi connectivity index (χ4v) is 2.88. The van der Waals surface area contributed by atoms with E-state index in [0.29, 0.717) is 0 Å². The molecule has 0 bridgehead atoms. The third kappa shape index (κ3) is 2.59. The van der Waals surface area contributed by atoms with Crippen LogP contribution in [0.2, 0.25) is 0 Å². The molecular formula is C15H17NS. The molecule has 0 radical (unpaired) electrons. The van der Waals surface area contributed by atoms with Crippen LogP contribution in [0, 0.1) is 0 Å². The Balaban J connectivity index is 1.71. The van der Waals surface area contributed by atoms with Gasteiger partial charge in [-0.05, 0) is 42.5 Å². The van der Waals surface area contributed by atoms with Crippen molar-refractivity contribution in [1.82, 2.24) is 4.90 Å². The highest BCUT2D eigenvalue weighted by Crippen LogP contribution is 2.28. The van der Waals surface area contributed by atoms with E-state index in [1.165, 1.54) is 28.8 Å². The predicted molar refractivity (Wildman–Crippen MR) is 74.2 cm³/mol. The normalized spacial score (nSPS) is 15.4. The van der Waals surface area contributed by atoms with E-state index in [4.69, 9.17) is 0 Å². The van der Waals surface area contributed by atoms with Gasteiger partial charge in [-0.15, -0.1) is 11.3 Å². The molecule has 3 rings (SSSR count). The Morgan fingerprint density at radius 1 is 1.18 bits per heavy atom. The molecule has 0 N–H and O–H groups in total. The lowest BCUT2D eigenvalue weighted by atomic mass is 10.1. The van der Waals surface area contributed by atoms with Gasteiger partial charge in [-0.25, -0.2) is 0 Å². The molecule has 1 saturated carbocycles. The lowest BCUT2D eigenvalue weighted by Crippen LogP contribution is -2.19. The Bertz CT molecular complexity index is 468. The van der Waals surface area contributed by atoms with Gasteiger partial charge in [-0.1, -0.05) is 30.3 Å². The summed E-state index contributed by atoms with van der Waals surface area (Å²) in [6.45, 7) is 1.08. The van der Waals surface area contributed by atoms with Crippen LogP contribution in [-0.4, -0.2) is 18.0 Å². The lowest BCUT2D eigenvalue weighted by Gasteiger charge is -2.15. The van der Waals surface area contributed by atoms with E-state index in [2.05, 4.69) is 53.7 Å². The SMILES string of the molecule is CN(Cc1ccc(-c2cccs2)cc1)C1CC1. The molecule has 1 nitrogen and oxygen atoms in total. The number of rotatable bonds is 4. The van der Waals surface area contributed by atoms with Crippen molar-refractivity contribution in [3.05, 3.63) is 47.3 Å². The van der Waals surface area contributed by atoms with Crippen molar-refractivity contribution < 1.29 is 0 Å². The van der Waals surface area contributed by atoms with Crippen LogP contribution in [-0.2, 0) is 6.54 Å². The Kier molecular flexibility index (Phi) is 3.00. The fraction of sp³-hybridized carbons (Fsp3) is 0.333. The molecule has 1 aromatic heterocycles. The van der Waals surface area contributed by atoms with Gasteiger partial charge < -0.3 is 0 Å². The highest BCUT2D eigenvalue weighted by molar-refractivity contribution is 7.13. The molecule has 17 heavy (non-hydrogen) atoms. The van der Waals surface area contributed by atoms with E-state index in [-0.39, 0.29) is 0 Å². The summed E-state index contributed by atoms with van der Waals surface area (Å²) in [6.07, 6.45) is 2.76. The molecule has 1 heterocycles. The van der Waals surface area contributed by atoms with Crippen LogP contribution in [0.3, 0.4) is 0 Å². The summed E-state index contributed by atoms with van der Waals surface area (Å²) >= 11 is 1.80. The van der Waals surface area contributed by atoms with Crippen LogP contribution in [0.25, 0.3) is 10.4 Å². The molecule has 0 amide bonds. The molecule has 0 saturated heterocycles. The Morgan fingerprint density at radius 2 is 1.94 bits per heavy atom. The van der Waals surface area contributed by atoms with Crippen LogP contribution >= 0.6 is 11.3 Å². The van der Waals surface area contributed by atoms with Crippen molar-refractivity contribution in [2.24, 2.45) is 0 Å². The third-order valence-corrected chi connectivity index (χ3v) is 4.28. The summed E-state index contributed by atoms with van der Waals surface area (Å²) < 4.78 is 0. The first-order chi connectivity index (χ1) is 8.33. The highest BCUT2D eigenvalue weighted by atomic mass is 32.1. The van der Waals surface area contributed by atoms with Gasteiger partial charge in [0.15, 0.2) is 0 Å². The quantitative estimate of drug-likeness (QED) is 0.784. The van der Waals surface area contributed by atoms with Gasteiger partial charge in [-0.2, -0.15) is 0 Å². The summed E-state index contributed by atoms with van der Waals surface area (Å²) in [5, 5.41) is 2.13. The van der Waals surface area contributed by atoms with E-state index in [9.17, 15) is 0 Å². The van der Waals surface area contributed by atoms with Crippen molar-refractivity contribution in [1.29, 1.82) is 0 Å². The van der Waals surface area contributed by atoms with Gasteiger partial charge in [0, 0.05) is 17.5 Å². The third-order valence-electron chi connectivity index (χ3n) is 3.36. The second kappa shape index (κ2) is 4.63. The van der Waals surface area contributed by atoms with Gasteiger partial charge in [-0.3, -0.25) is 4.90 Å². The van der Waals surface area contributed by atoms with E-state index in [1.54, 1.807) is 11.3 Å². The van der Waals surface area contributed by atoms with Gasteiger partial charge >= 0.3 is 0 Å². The monoisotopic (exact) mass is 243 g/mol. The molecular weight excluding hydrogens is 226 g/mol. The minimum atomic E-state index is 0.840. The van der Waals surface area contributed by atoms with E-state index >= 15 is 0 Å². The maximum atomic E-state index is 2.46. The van der Waals surface area contributed by atoms with E-state index in [1.807, 2.05) is 0 Å². The first kappa shape index (κ1) is 11.0.